The Labute approximate surface area is 196 Å². The molecular formula is C24H23N5O5. The molecule has 3 heterocycles. The standard InChI is InChI=1S/C24H23N5O5/c1-26-21-20(22(31)28(24(26)32)14-19(30)34-3)27-13-17(15-9-5-4-6-10-15)29(23(27)25-21)16-11-7-8-12-18(16)33-2/h4-13,20-21H,14H2,1-3H3. The molecule has 0 aliphatic carbocycles. The molecule has 10 heteroatoms. The summed E-state index contributed by atoms with van der Waals surface area (Å²) in [6, 6.07) is 15.8. The lowest BCUT2D eigenvalue weighted by atomic mass is 10.1. The molecule has 2 aromatic rings. The minimum absolute atomic E-state index is 0.462. The third-order valence-corrected chi connectivity index (χ3v) is 6.12. The van der Waals surface area contributed by atoms with E-state index in [0.29, 0.717) is 11.7 Å². The number of ether oxygens (including phenoxy) is 2. The SMILES string of the molecule is COC(=O)CN1C(=O)C2C(N=C3N(c4ccccc4OC)C(c4ccccc4)=CN32)N(C)C1=O. The van der Waals surface area contributed by atoms with Crippen LogP contribution >= 0.6 is 0 Å². The summed E-state index contributed by atoms with van der Waals surface area (Å²) in [6.07, 6.45) is 1.11. The Bertz CT molecular complexity index is 1230. The van der Waals surface area contributed by atoms with Crippen molar-refractivity contribution < 1.29 is 23.9 Å². The number of anilines is 1. The molecule has 34 heavy (non-hydrogen) atoms. The molecule has 3 aliphatic rings. The number of amides is 3. The van der Waals surface area contributed by atoms with E-state index in [4.69, 9.17) is 9.73 Å². The third kappa shape index (κ3) is 3.18. The molecule has 0 spiro atoms. The van der Waals surface area contributed by atoms with Crippen molar-refractivity contribution >= 4 is 35.3 Å². The van der Waals surface area contributed by atoms with Gasteiger partial charge in [-0.05, 0) is 12.1 Å². The minimum atomic E-state index is -0.819. The van der Waals surface area contributed by atoms with Crippen LogP contribution in [0.1, 0.15) is 5.56 Å². The van der Waals surface area contributed by atoms with Gasteiger partial charge in [0, 0.05) is 18.8 Å². The number of hydrogen-bond donors (Lipinski definition) is 0. The van der Waals surface area contributed by atoms with Crippen LogP contribution in [0.25, 0.3) is 5.70 Å². The number of para-hydroxylation sites is 2. The molecule has 0 aromatic heterocycles. The molecule has 3 amide bonds. The monoisotopic (exact) mass is 461 g/mol. The second-order valence-corrected chi connectivity index (χ2v) is 7.98. The van der Waals surface area contributed by atoms with Gasteiger partial charge in [-0.2, -0.15) is 0 Å². The van der Waals surface area contributed by atoms with E-state index in [1.54, 1.807) is 19.1 Å². The largest absolute Gasteiger partial charge is 0.495 e. The van der Waals surface area contributed by atoms with E-state index in [2.05, 4.69) is 4.74 Å². The molecule has 3 aliphatic heterocycles. The van der Waals surface area contributed by atoms with Gasteiger partial charge in [0.25, 0.3) is 5.91 Å². The highest BCUT2D eigenvalue weighted by atomic mass is 16.5. The summed E-state index contributed by atoms with van der Waals surface area (Å²) in [5, 5.41) is 0. The highest BCUT2D eigenvalue weighted by molar-refractivity contribution is 6.17. The lowest BCUT2D eigenvalue weighted by Gasteiger charge is -2.39. The summed E-state index contributed by atoms with van der Waals surface area (Å²) >= 11 is 0. The quantitative estimate of drug-likeness (QED) is 0.628. The average Bonchev–Trinajstić information content (AvgIpc) is 3.42. The molecule has 174 valence electrons. The number of nitrogens with zero attached hydrogens (tertiary/aromatic N) is 5. The van der Waals surface area contributed by atoms with E-state index in [-0.39, 0.29) is 0 Å². The van der Waals surface area contributed by atoms with Crippen molar-refractivity contribution in [2.45, 2.75) is 12.2 Å². The lowest BCUT2D eigenvalue weighted by Crippen LogP contribution is -2.65. The van der Waals surface area contributed by atoms with Crippen LogP contribution in [-0.4, -0.2) is 78.6 Å². The molecule has 5 rings (SSSR count). The Hall–Kier alpha value is -4.34. The fourth-order valence-corrected chi connectivity index (χ4v) is 4.44. The number of rotatable bonds is 5. The first-order valence-electron chi connectivity index (χ1n) is 10.7. The number of carbonyl (C=O) groups excluding carboxylic acids is 3. The van der Waals surface area contributed by atoms with Crippen LogP contribution in [0.15, 0.2) is 65.8 Å². The number of aliphatic imine (C=N–C) groups is 1. The van der Waals surface area contributed by atoms with Crippen LogP contribution in [0.2, 0.25) is 0 Å². The summed E-state index contributed by atoms with van der Waals surface area (Å²) in [7, 11) is 4.37. The van der Waals surface area contributed by atoms with Gasteiger partial charge in [0.05, 0.1) is 25.6 Å². The highest BCUT2D eigenvalue weighted by Gasteiger charge is 2.55. The minimum Gasteiger partial charge on any atom is -0.495 e. The van der Waals surface area contributed by atoms with Crippen molar-refractivity contribution in [2.75, 3.05) is 32.7 Å². The normalized spacial score (nSPS) is 21.3. The maximum Gasteiger partial charge on any atom is 0.328 e. The van der Waals surface area contributed by atoms with Crippen molar-refractivity contribution in [1.29, 1.82) is 0 Å². The van der Waals surface area contributed by atoms with E-state index in [1.165, 1.54) is 12.0 Å². The van der Waals surface area contributed by atoms with E-state index in [9.17, 15) is 14.4 Å². The number of urea groups is 1. The second-order valence-electron chi connectivity index (χ2n) is 7.98. The number of guanidine groups is 1. The Morgan fingerprint density at radius 1 is 1.03 bits per heavy atom. The van der Waals surface area contributed by atoms with E-state index in [0.717, 1.165) is 21.8 Å². The highest BCUT2D eigenvalue weighted by Crippen LogP contribution is 2.42. The van der Waals surface area contributed by atoms with E-state index < -0.39 is 36.7 Å². The molecule has 2 unspecified atom stereocenters. The number of methoxy groups -OCH3 is 2. The topological polar surface area (TPSA) is 95.0 Å². The molecule has 0 N–H and O–H groups in total. The van der Waals surface area contributed by atoms with Crippen molar-refractivity contribution in [2.24, 2.45) is 4.99 Å². The van der Waals surface area contributed by atoms with Crippen LogP contribution in [-0.2, 0) is 14.3 Å². The number of benzene rings is 2. The molecule has 2 atom stereocenters. The van der Waals surface area contributed by atoms with Gasteiger partial charge in [-0.15, -0.1) is 0 Å². The Kier molecular flexibility index (Phi) is 5.20. The first-order chi connectivity index (χ1) is 16.5. The zero-order chi connectivity index (χ0) is 24.0. The maximum absolute atomic E-state index is 13.4. The predicted molar refractivity (Wildman–Crippen MR) is 124 cm³/mol. The van der Waals surface area contributed by atoms with Crippen LogP contribution in [0.4, 0.5) is 10.5 Å². The molecule has 0 bridgehead atoms. The Morgan fingerprint density at radius 3 is 2.44 bits per heavy atom. The number of carbonyl (C=O) groups is 3. The fourth-order valence-electron chi connectivity index (χ4n) is 4.44. The number of hydrogen-bond acceptors (Lipinski definition) is 8. The molecule has 0 radical (unpaired) electrons. The van der Waals surface area contributed by atoms with Crippen molar-refractivity contribution in [3.8, 4) is 5.75 Å². The van der Waals surface area contributed by atoms with Crippen LogP contribution in [0.5, 0.6) is 5.75 Å². The molecule has 1 fully saturated rings. The van der Waals surface area contributed by atoms with Gasteiger partial charge in [0.1, 0.15) is 12.3 Å². The number of imide groups is 1. The van der Waals surface area contributed by atoms with Crippen LogP contribution in [0, 0.1) is 0 Å². The van der Waals surface area contributed by atoms with Gasteiger partial charge in [0.15, 0.2) is 12.2 Å². The number of fused-ring (bicyclic) bond motifs is 3. The smallest absolute Gasteiger partial charge is 0.328 e. The Balaban J connectivity index is 1.61. The second kappa shape index (κ2) is 8.22. The van der Waals surface area contributed by atoms with E-state index in [1.807, 2.05) is 65.7 Å². The van der Waals surface area contributed by atoms with Crippen molar-refractivity contribution in [3.05, 3.63) is 66.4 Å². The van der Waals surface area contributed by atoms with Gasteiger partial charge in [0.2, 0.25) is 5.96 Å². The first kappa shape index (κ1) is 21.5. The zero-order valence-corrected chi connectivity index (χ0v) is 18.9. The predicted octanol–water partition coefficient (Wildman–Crippen LogP) is 1.95. The maximum atomic E-state index is 13.4. The first-order valence-corrected chi connectivity index (χ1v) is 10.7. The lowest BCUT2D eigenvalue weighted by molar-refractivity contribution is -0.148. The van der Waals surface area contributed by atoms with Gasteiger partial charge in [-0.25, -0.2) is 9.79 Å². The molecule has 1 saturated heterocycles. The Morgan fingerprint density at radius 2 is 1.74 bits per heavy atom. The van der Waals surface area contributed by atoms with Gasteiger partial charge in [-0.3, -0.25) is 24.3 Å². The number of likely N-dealkylation sites (N-methyl/N-ethyl adjacent to an activating group) is 1. The van der Waals surface area contributed by atoms with Crippen LogP contribution in [0.3, 0.4) is 0 Å². The summed E-state index contributed by atoms with van der Waals surface area (Å²) in [6.45, 7) is -0.462. The summed E-state index contributed by atoms with van der Waals surface area (Å²) < 4.78 is 10.3. The van der Waals surface area contributed by atoms with Crippen molar-refractivity contribution in [3.63, 3.8) is 0 Å². The van der Waals surface area contributed by atoms with Crippen molar-refractivity contribution in [1.82, 2.24) is 14.7 Å². The summed E-state index contributed by atoms with van der Waals surface area (Å²) in [4.78, 5) is 49.0. The summed E-state index contributed by atoms with van der Waals surface area (Å²) in [5.41, 5.74) is 2.46. The summed E-state index contributed by atoms with van der Waals surface area (Å²) in [5.74, 6) is -0.0637. The molecule has 2 aromatic carbocycles. The molecular weight excluding hydrogens is 438 g/mol. The van der Waals surface area contributed by atoms with Gasteiger partial charge < -0.3 is 14.4 Å². The van der Waals surface area contributed by atoms with Crippen LogP contribution < -0.4 is 9.64 Å². The average molecular weight is 461 g/mol. The fraction of sp³-hybridized carbons (Fsp3) is 0.250. The van der Waals surface area contributed by atoms with Gasteiger partial charge in [-0.1, -0.05) is 42.5 Å². The number of esters is 1. The van der Waals surface area contributed by atoms with E-state index >= 15 is 0 Å². The van der Waals surface area contributed by atoms with Gasteiger partial charge >= 0.3 is 12.0 Å². The molecule has 0 saturated carbocycles. The zero-order valence-electron chi connectivity index (χ0n) is 18.9. The third-order valence-electron chi connectivity index (χ3n) is 6.12. The molecule has 10 nitrogen and oxygen atoms in total.